The number of anilines is 1. The lowest BCUT2D eigenvalue weighted by Crippen LogP contribution is -2.56. The van der Waals surface area contributed by atoms with E-state index in [1.54, 1.807) is 27.0 Å². The number of aliphatic carboxylic acids is 1. The summed E-state index contributed by atoms with van der Waals surface area (Å²) >= 11 is 1.49. The predicted molar refractivity (Wildman–Crippen MR) is 184 cm³/mol. The van der Waals surface area contributed by atoms with Crippen LogP contribution in [-0.4, -0.2) is 86.5 Å². The van der Waals surface area contributed by atoms with Gasteiger partial charge in [0.05, 0.1) is 23.5 Å². The first-order valence-corrected chi connectivity index (χ1v) is 18.2. The number of ether oxygens (including phenoxy) is 1. The molecule has 1 aliphatic carbocycles. The van der Waals surface area contributed by atoms with Gasteiger partial charge >= 0.3 is 12.1 Å². The van der Waals surface area contributed by atoms with Crippen LogP contribution in [0, 0.1) is 5.92 Å². The number of carboxylic acids is 1. The maximum absolute atomic E-state index is 14.4. The number of aromatic nitrogens is 2. The Morgan fingerprint density at radius 1 is 1.12 bits per heavy atom. The van der Waals surface area contributed by atoms with Crippen LogP contribution in [0.4, 0.5) is 10.5 Å². The van der Waals surface area contributed by atoms with E-state index in [4.69, 9.17) is 4.74 Å². The van der Waals surface area contributed by atoms with Crippen molar-refractivity contribution in [2.45, 2.75) is 108 Å². The van der Waals surface area contributed by atoms with E-state index in [9.17, 15) is 29.1 Å². The third-order valence-electron chi connectivity index (χ3n) is 9.91. The second-order valence-corrected chi connectivity index (χ2v) is 15.4. The van der Waals surface area contributed by atoms with Crippen LogP contribution in [0.1, 0.15) is 84.6 Å². The van der Waals surface area contributed by atoms with Gasteiger partial charge in [-0.25, -0.2) is 14.3 Å². The predicted octanol–water partition coefficient (Wildman–Crippen LogP) is 4.09. The Kier molecular flexibility index (Phi) is 9.88. The van der Waals surface area contributed by atoms with Crippen molar-refractivity contribution >= 4 is 40.9 Å². The molecule has 6 rings (SSSR count). The topological polar surface area (TPSA) is 163 Å². The van der Waals surface area contributed by atoms with E-state index in [1.165, 1.54) is 20.9 Å². The molecule has 0 spiro atoms. The highest BCUT2D eigenvalue weighted by atomic mass is 32.1. The number of allylic oxidation sites excluding steroid dienone is 1. The maximum Gasteiger partial charge on any atom is 0.408 e. The summed E-state index contributed by atoms with van der Waals surface area (Å²) in [5.41, 5.74) is -0.501. The molecule has 2 aromatic rings. The van der Waals surface area contributed by atoms with Crippen LogP contribution in [0.15, 0.2) is 40.0 Å². The zero-order valence-corrected chi connectivity index (χ0v) is 29.2. The van der Waals surface area contributed by atoms with Gasteiger partial charge in [0, 0.05) is 37.5 Å². The Balaban J connectivity index is 1.36. The first-order chi connectivity index (χ1) is 23.4. The lowest BCUT2D eigenvalue weighted by atomic mass is 10.0. The number of carbonyl (C=O) groups is 4. The van der Waals surface area contributed by atoms with Crippen LogP contribution in [-0.2, 0) is 19.1 Å². The molecule has 0 radical (unpaired) electrons. The summed E-state index contributed by atoms with van der Waals surface area (Å²) in [4.78, 5) is 71.7. The average molecular weight is 695 g/mol. The summed E-state index contributed by atoms with van der Waals surface area (Å²) in [6.07, 6.45) is 10.4. The van der Waals surface area contributed by atoms with Crippen molar-refractivity contribution in [3.8, 4) is 11.1 Å². The molecular formula is C35H46N6O7S. The molecule has 4 aliphatic rings. The van der Waals surface area contributed by atoms with Crippen molar-refractivity contribution in [2.24, 2.45) is 5.92 Å². The maximum atomic E-state index is 14.4. The van der Waals surface area contributed by atoms with E-state index in [2.05, 4.69) is 20.6 Å². The molecule has 49 heavy (non-hydrogen) atoms. The number of alkyl carbamates (subject to hydrolysis) is 1. The molecule has 0 bridgehead atoms. The van der Waals surface area contributed by atoms with Crippen molar-refractivity contribution in [1.29, 1.82) is 0 Å². The number of carboxylic acid groups (broad SMARTS) is 1. The summed E-state index contributed by atoms with van der Waals surface area (Å²) in [5, 5.41) is 24.2. The molecule has 1 unspecified atom stereocenters. The van der Waals surface area contributed by atoms with Crippen LogP contribution >= 0.6 is 11.3 Å². The van der Waals surface area contributed by atoms with E-state index >= 15 is 0 Å². The van der Waals surface area contributed by atoms with E-state index in [0.717, 1.165) is 56.4 Å². The minimum atomic E-state index is -1.46. The van der Waals surface area contributed by atoms with Crippen LogP contribution in [0.5, 0.6) is 0 Å². The van der Waals surface area contributed by atoms with Gasteiger partial charge < -0.3 is 30.3 Å². The van der Waals surface area contributed by atoms with E-state index in [-0.39, 0.29) is 30.9 Å². The number of hydrogen-bond donors (Lipinski definition) is 3. The molecular weight excluding hydrogens is 648 g/mol. The lowest BCUT2D eigenvalue weighted by Gasteiger charge is -2.30. The second kappa shape index (κ2) is 14.0. The number of thiophene rings is 1. The number of nitrogens with zero attached hydrogens (tertiary/aromatic N) is 4. The molecule has 5 heterocycles. The summed E-state index contributed by atoms with van der Waals surface area (Å²) in [5.74, 6) is -2.59. The van der Waals surface area contributed by atoms with Gasteiger partial charge in [0.25, 0.3) is 5.56 Å². The highest BCUT2D eigenvalue weighted by Gasteiger charge is 2.61. The third kappa shape index (κ3) is 7.38. The third-order valence-corrected chi connectivity index (χ3v) is 10.6. The van der Waals surface area contributed by atoms with Gasteiger partial charge in [-0.15, -0.1) is 0 Å². The number of hydrogen-bond acceptors (Lipinski definition) is 9. The van der Waals surface area contributed by atoms with Crippen molar-refractivity contribution in [2.75, 3.05) is 24.5 Å². The number of fused-ring (bicyclic) bond motifs is 2. The fraction of sp³-hybridized carbons (Fsp3) is 0.600. The van der Waals surface area contributed by atoms with Gasteiger partial charge in [0.2, 0.25) is 11.8 Å². The molecule has 13 nitrogen and oxygen atoms in total. The van der Waals surface area contributed by atoms with Gasteiger partial charge in [-0.3, -0.25) is 14.4 Å². The van der Waals surface area contributed by atoms with Gasteiger partial charge in [-0.1, -0.05) is 25.0 Å². The highest BCUT2D eigenvalue weighted by molar-refractivity contribution is 7.08. The van der Waals surface area contributed by atoms with Crippen LogP contribution in [0.3, 0.4) is 0 Å². The Morgan fingerprint density at radius 2 is 1.90 bits per heavy atom. The Labute approximate surface area is 289 Å². The van der Waals surface area contributed by atoms with Gasteiger partial charge in [0.1, 0.15) is 23.2 Å². The van der Waals surface area contributed by atoms with Crippen molar-refractivity contribution in [3.63, 3.8) is 0 Å². The molecule has 2 aromatic heterocycles. The van der Waals surface area contributed by atoms with Gasteiger partial charge in [-0.2, -0.15) is 16.4 Å². The molecule has 1 saturated carbocycles. The zero-order valence-electron chi connectivity index (χ0n) is 28.4. The van der Waals surface area contributed by atoms with Crippen molar-refractivity contribution < 1.29 is 29.0 Å². The Morgan fingerprint density at radius 3 is 2.59 bits per heavy atom. The molecule has 3 fully saturated rings. The first-order valence-electron chi connectivity index (χ1n) is 17.3. The van der Waals surface area contributed by atoms with Crippen LogP contribution < -0.4 is 21.1 Å². The minimum absolute atomic E-state index is 0.0220. The molecule has 2 saturated heterocycles. The molecule has 0 aromatic carbocycles. The summed E-state index contributed by atoms with van der Waals surface area (Å²) in [6, 6.07) is -0.854. The summed E-state index contributed by atoms with van der Waals surface area (Å²) in [7, 11) is 0. The second-order valence-electron chi connectivity index (χ2n) is 14.6. The van der Waals surface area contributed by atoms with Crippen LogP contribution in [0.25, 0.3) is 11.1 Å². The van der Waals surface area contributed by atoms with E-state index in [1.807, 2.05) is 29.0 Å². The Hall–Kier alpha value is -4.20. The number of rotatable bonds is 5. The highest BCUT2D eigenvalue weighted by Crippen LogP contribution is 2.45. The molecule has 14 heteroatoms. The average Bonchev–Trinajstić information content (AvgIpc) is 3.56. The number of carbonyl (C=O) groups excluding carboxylic acids is 3. The van der Waals surface area contributed by atoms with E-state index < -0.39 is 53.1 Å². The van der Waals surface area contributed by atoms with Crippen molar-refractivity contribution in [1.82, 2.24) is 25.3 Å². The lowest BCUT2D eigenvalue weighted by molar-refractivity contribution is -0.145. The van der Waals surface area contributed by atoms with Gasteiger partial charge in [-0.05, 0) is 76.1 Å². The zero-order chi connectivity index (χ0) is 34.9. The Bertz CT molecular complexity index is 1660. The first kappa shape index (κ1) is 34.7. The molecule has 264 valence electrons. The standard InChI is InChI=1S/C35H46N6O7S/c1-34(2,3)48-33(47)37-25-12-8-6-4-5-7-11-23-18-35(23,32(45)46)38-29(42)26-17-24(20-40(26)30(25)43)41-31(44)28(22-13-16-49-21-22)27(19-36-41)39-14-9-10-15-39/h7,11,13,16,19,21,23-26H,4-6,8-10,12,14-15,17-18,20H2,1-3H3,(H,37,47)(H,38,42)(H,45,46)/b11-7-/t23?,24-,25+,26+,35-/m1/s1. The quantitative estimate of drug-likeness (QED) is 0.392. The SMILES string of the molecule is CC(C)(C)OC(=O)N[C@H]1CCCCC/C=C\C2C[C@@]2(C(=O)O)NC(=O)[C@@H]2C[C@@H](n3ncc(N4CCCC4)c(-c4ccsc4)c3=O)CN2C1=O. The molecule has 3 N–H and O–H groups in total. The monoisotopic (exact) mass is 694 g/mol. The minimum Gasteiger partial charge on any atom is -0.479 e. The fourth-order valence-corrected chi connectivity index (χ4v) is 7.95. The normalized spacial score (nSPS) is 28.5. The van der Waals surface area contributed by atoms with Gasteiger partial charge in [0.15, 0.2) is 0 Å². The molecule has 5 atom stereocenters. The largest absolute Gasteiger partial charge is 0.479 e. The number of nitrogens with one attached hydrogen (secondary N) is 2. The van der Waals surface area contributed by atoms with E-state index in [0.29, 0.717) is 18.4 Å². The fourth-order valence-electron chi connectivity index (χ4n) is 7.30. The molecule has 3 aliphatic heterocycles. The summed E-state index contributed by atoms with van der Waals surface area (Å²) in [6.45, 7) is 6.82. The molecule has 3 amide bonds. The van der Waals surface area contributed by atoms with Crippen LogP contribution in [0.2, 0.25) is 0 Å². The summed E-state index contributed by atoms with van der Waals surface area (Å²) < 4.78 is 6.85. The number of amides is 3. The van der Waals surface area contributed by atoms with Crippen molar-refractivity contribution in [3.05, 3.63) is 45.5 Å². The smallest absolute Gasteiger partial charge is 0.408 e.